The minimum absolute atomic E-state index is 0.529. The lowest BCUT2D eigenvalue weighted by atomic mass is 10.2. The Labute approximate surface area is 151 Å². The zero-order chi connectivity index (χ0) is 18.1. The van der Waals surface area contributed by atoms with Crippen LogP contribution in [0.4, 0.5) is 11.6 Å². The summed E-state index contributed by atoms with van der Waals surface area (Å²) < 4.78 is 7.26. The van der Waals surface area contributed by atoms with Crippen molar-refractivity contribution in [2.24, 2.45) is 0 Å². The third kappa shape index (κ3) is 2.97. The number of benzene rings is 1. The maximum Gasteiger partial charge on any atom is 0.229 e. The molecule has 0 aliphatic rings. The van der Waals surface area contributed by atoms with E-state index in [1.54, 1.807) is 7.11 Å². The van der Waals surface area contributed by atoms with Gasteiger partial charge in [0.05, 0.1) is 7.11 Å². The summed E-state index contributed by atoms with van der Waals surface area (Å²) in [5.74, 6) is 2.14. The molecule has 0 amide bonds. The van der Waals surface area contributed by atoms with Crippen molar-refractivity contribution in [3.8, 4) is 11.6 Å². The van der Waals surface area contributed by atoms with Gasteiger partial charge in [0.2, 0.25) is 5.95 Å². The molecule has 0 saturated carbocycles. The van der Waals surface area contributed by atoms with Crippen LogP contribution in [0, 0.1) is 13.8 Å². The number of nitrogens with zero attached hydrogens (tertiary/aromatic N) is 4. The summed E-state index contributed by atoms with van der Waals surface area (Å²) in [7, 11) is 1.65. The smallest absolute Gasteiger partial charge is 0.229 e. The van der Waals surface area contributed by atoms with Crippen molar-refractivity contribution in [1.82, 2.24) is 19.5 Å². The zero-order valence-corrected chi connectivity index (χ0v) is 14.9. The van der Waals surface area contributed by atoms with Gasteiger partial charge in [-0.3, -0.25) is 4.57 Å². The molecule has 0 aliphatic carbocycles. The van der Waals surface area contributed by atoms with E-state index < -0.39 is 0 Å². The Morgan fingerprint density at radius 3 is 2.65 bits per heavy atom. The van der Waals surface area contributed by atoms with Crippen LogP contribution in [0.2, 0.25) is 0 Å². The predicted molar refractivity (Wildman–Crippen MR) is 102 cm³/mol. The Bertz CT molecular complexity index is 1070. The maximum atomic E-state index is 5.30. The van der Waals surface area contributed by atoms with Crippen LogP contribution in [0.3, 0.4) is 0 Å². The molecule has 3 aromatic heterocycles. The first kappa shape index (κ1) is 16.1. The summed E-state index contributed by atoms with van der Waals surface area (Å²) in [6.07, 6.45) is 5.61. The topological polar surface area (TPSA) is 64.9 Å². The third-order valence-electron chi connectivity index (χ3n) is 4.26. The third-order valence-corrected chi connectivity index (χ3v) is 4.26. The van der Waals surface area contributed by atoms with E-state index in [0.29, 0.717) is 5.95 Å². The number of aryl methyl sites for hydroxylation is 2. The minimum Gasteiger partial charge on any atom is -0.497 e. The molecule has 1 aromatic carbocycles. The molecular formula is C20H19N5O. The maximum absolute atomic E-state index is 5.30. The molecule has 0 bridgehead atoms. The second kappa shape index (κ2) is 6.48. The first-order valence-corrected chi connectivity index (χ1v) is 8.33. The van der Waals surface area contributed by atoms with Crippen molar-refractivity contribution in [1.29, 1.82) is 0 Å². The zero-order valence-electron chi connectivity index (χ0n) is 14.9. The van der Waals surface area contributed by atoms with Gasteiger partial charge in [0.25, 0.3) is 0 Å². The predicted octanol–water partition coefficient (Wildman–Crippen LogP) is 4.18. The van der Waals surface area contributed by atoms with Gasteiger partial charge in [-0.2, -0.15) is 4.98 Å². The molecule has 6 nitrogen and oxygen atoms in total. The monoisotopic (exact) mass is 345 g/mol. The number of aromatic nitrogens is 4. The number of anilines is 2. The van der Waals surface area contributed by atoms with Crippen LogP contribution in [0.1, 0.15) is 11.1 Å². The second-order valence-electron chi connectivity index (χ2n) is 6.16. The van der Waals surface area contributed by atoms with E-state index in [0.717, 1.165) is 39.4 Å². The molecular weight excluding hydrogens is 326 g/mol. The number of hydrogen-bond acceptors (Lipinski definition) is 5. The summed E-state index contributed by atoms with van der Waals surface area (Å²) in [4.78, 5) is 13.6. The summed E-state index contributed by atoms with van der Waals surface area (Å²) in [5.41, 5.74) is 3.93. The SMILES string of the molecule is COc1ccc(C)c(Nc2ncc3ccn(-c4ccc(C)cn4)c3n2)c1. The van der Waals surface area contributed by atoms with E-state index in [-0.39, 0.29) is 0 Å². The van der Waals surface area contributed by atoms with Crippen molar-refractivity contribution in [3.63, 3.8) is 0 Å². The number of hydrogen-bond donors (Lipinski definition) is 1. The quantitative estimate of drug-likeness (QED) is 0.601. The van der Waals surface area contributed by atoms with Crippen LogP contribution < -0.4 is 10.1 Å². The van der Waals surface area contributed by atoms with E-state index >= 15 is 0 Å². The van der Waals surface area contributed by atoms with E-state index in [1.165, 1.54) is 0 Å². The Morgan fingerprint density at radius 2 is 1.88 bits per heavy atom. The van der Waals surface area contributed by atoms with Crippen LogP contribution in [0.5, 0.6) is 5.75 Å². The molecule has 0 spiro atoms. The van der Waals surface area contributed by atoms with Crippen LogP contribution in [-0.4, -0.2) is 26.6 Å². The first-order chi connectivity index (χ1) is 12.6. The molecule has 4 rings (SSSR count). The van der Waals surface area contributed by atoms with Crippen molar-refractivity contribution in [3.05, 3.63) is 66.1 Å². The standard InChI is InChI=1S/C20H19N5O/c1-13-4-7-18(21-11-13)25-9-8-15-12-22-20(24-19(15)25)23-17-10-16(26-3)6-5-14(17)2/h4-12H,1-3H3,(H,22,23,24). The van der Waals surface area contributed by atoms with Crippen molar-refractivity contribution in [2.45, 2.75) is 13.8 Å². The Morgan fingerprint density at radius 1 is 1.00 bits per heavy atom. The Balaban J connectivity index is 1.73. The van der Waals surface area contributed by atoms with E-state index in [4.69, 9.17) is 4.74 Å². The molecule has 0 fully saturated rings. The second-order valence-corrected chi connectivity index (χ2v) is 6.16. The fourth-order valence-electron chi connectivity index (χ4n) is 2.75. The molecule has 26 heavy (non-hydrogen) atoms. The van der Waals surface area contributed by atoms with Gasteiger partial charge < -0.3 is 10.1 Å². The summed E-state index contributed by atoms with van der Waals surface area (Å²) >= 11 is 0. The number of methoxy groups -OCH3 is 1. The summed E-state index contributed by atoms with van der Waals surface area (Å²) in [6, 6.07) is 11.9. The lowest BCUT2D eigenvalue weighted by molar-refractivity contribution is 0.415. The van der Waals surface area contributed by atoms with E-state index in [1.807, 2.05) is 73.4 Å². The van der Waals surface area contributed by atoms with Gasteiger partial charge >= 0.3 is 0 Å². The number of ether oxygens (including phenoxy) is 1. The van der Waals surface area contributed by atoms with Gasteiger partial charge in [0.1, 0.15) is 11.6 Å². The molecule has 130 valence electrons. The van der Waals surface area contributed by atoms with Crippen molar-refractivity contribution in [2.75, 3.05) is 12.4 Å². The molecule has 3 heterocycles. The van der Waals surface area contributed by atoms with Gasteiger partial charge in [0, 0.05) is 35.7 Å². The highest BCUT2D eigenvalue weighted by Crippen LogP contribution is 2.25. The van der Waals surface area contributed by atoms with Gasteiger partial charge in [-0.15, -0.1) is 0 Å². The van der Waals surface area contributed by atoms with Gasteiger partial charge in [0.15, 0.2) is 5.65 Å². The molecule has 0 saturated heterocycles. The fourth-order valence-corrected chi connectivity index (χ4v) is 2.75. The average molecular weight is 345 g/mol. The molecule has 4 aromatic rings. The normalized spacial score (nSPS) is 10.9. The van der Waals surface area contributed by atoms with Crippen LogP contribution in [-0.2, 0) is 0 Å². The number of pyridine rings is 1. The van der Waals surface area contributed by atoms with E-state index in [9.17, 15) is 0 Å². The Kier molecular flexibility index (Phi) is 4.01. The molecule has 0 atom stereocenters. The number of nitrogens with one attached hydrogen (secondary N) is 1. The lowest BCUT2D eigenvalue weighted by Gasteiger charge is -2.10. The molecule has 1 N–H and O–H groups in total. The lowest BCUT2D eigenvalue weighted by Crippen LogP contribution is -2.02. The first-order valence-electron chi connectivity index (χ1n) is 8.33. The summed E-state index contributed by atoms with van der Waals surface area (Å²) in [6.45, 7) is 4.05. The largest absolute Gasteiger partial charge is 0.497 e. The fraction of sp³-hybridized carbons (Fsp3) is 0.150. The molecule has 6 heteroatoms. The van der Waals surface area contributed by atoms with Gasteiger partial charge in [-0.1, -0.05) is 12.1 Å². The number of rotatable bonds is 4. The highest BCUT2D eigenvalue weighted by atomic mass is 16.5. The molecule has 0 unspecified atom stereocenters. The number of fused-ring (bicyclic) bond motifs is 1. The molecule has 0 aliphatic heterocycles. The van der Waals surface area contributed by atoms with Gasteiger partial charge in [-0.05, 0) is 43.2 Å². The van der Waals surface area contributed by atoms with Gasteiger partial charge in [-0.25, -0.2) is 9.97 Å². The highest BCUT2D eigenvalue weighted by molar-refractivity contribution is 5.78. The average Bonchev–Trinajstić information content (AvgIpc) is 3.07. The Hall–Kier alpha value is -3.41. The van der Waals surface area contributed by atoms with E-state index in [2.05, 4.69) is 20.3 Å². The minimum atomic E-state index is 0.529. The summed E-state index contributed by atoms with van der Waals surface area (Å²) in [5, 5.41) is 4.24. The molecule has 0 radical (unpaired) electrons. The van der Waals surface area contributed by atoms with Crippen LogP contribution in [0.15, 0.2) is 55.0 Å². The van der Waals surface area contributed by atoms with Crippen molar-refractivity contribution >= 4 is 22.7 Å². The van der Waals surface area contributed by atoms with Crippen molar-refractivity contribution < 1.29 is 4.74 Å². The van der Waals surface area contributed by atoms with Crippen LogP contribution >= 0.6 is 0 Å². The highest BCUT2D eigenvalue weighted by Gasteiger charge is 2.09. The van der Waals surface area contributed by atoms with Crippen LogP contribution in [0.25, 0.3) is 16.9 Å².